The van der Waals surface area contributed by atoms with E-state index in [0.717, 1.165) is 59.8 Å². The van der Waals surface area contributed by atoms with Crippen LogP contribution in [0.2, 0.25) is 0 Å². The summed E-state index contributed by atoms with van der Waals surface area (Å²) >= 11 is 0. The van der Waals surface area contributed by atoms with Gasteiger partial charge in [-0.15, -0.1) is 0 Å². The number of benzene rings is 2. The Hall–Kier alpha value is -5.11. The van der Waals surface area contributed by atoms with Crippen molar-refractivity contribution in [1.82, 2.24) is 30.0 Å². The molecule has 0 bridgehead atoms. The molecule has 1 unspecified atom stereocenters. The van der Waals surface area contributed by atoms with Crippen LogP contribution in [0.4, 0.5) is 11.4 Å². The molecule has 14 nitrogen and oxygen atoms in total. The number of rotatable bonds is 9. The maximum atomic E-state index is 13.6. The van der Waals surface area contributed by atoms with Crippen LogP contribution in [0.25, 0.3) is 11.0 Å². The van der Waals surface area contributed by atoms with Crippen molar-refractivity contribution in [2.45, 2.75) is 89.8 Å². The van der Waals surface area contributed by atoms with Crippen LogP contribution in [0.1, 0.15) is 97.7 Å². The highest BCUT2D eigenvalue weighted by Crippen LogP contribution is 2.36. The van der Waals surface area contributed by atoms with Gasteiger partial charge in [0, 0.05) is 56.7 Å². The van der Waals surface area contributed by atoms with Gasteiger partial charge in [-0.25, -0.2) is 4.98 Å². The number of hydrogen-bond acceptors (Lipinski definition) is 9. The largest absolute Gasteiger partial charge is 0.371 e. The molecular weight excluding hydrogens is 688 g/mol. The minimum atomic E-state index is -1.000. The summed E-state index contributed by atoms with van der Waals surface area (Å²) in [7, 11) is 0. The van der Waals surface area contributed by atoms with Crippen molar-refractivity contribution in [2.75, 3.05) is 42.9 Å². The maximum absolute atomic E-state index is 13.6. The number of aromatic amines is 1. The number of piperidine rings is 3. The van der Waals surface area contributed by atoms with Gasteiger partial charge in [0.15, 0.2) is 0 Å². The fourth-order valence-corrected chi connectivity index (χ4v) is 8.98. The van der Waals surface area contributed by atoms with E-state index in [9.17, 15) is 28.8 Å². The first-order chi connectivity index (χ1) is 26.1. The highest BCUT2D eigenvalue weighted by molar-refractivity contribution is 6.25. The molecule has 5 aliphatic rings. The molecule has 0 saturated carbocycles. The van der Waals surface area contributed by atoms with Crippen LogP contribution < -0.4 is 15.5 Å². The predicted octanol–water partition coefficient (Wildman–Crippen LogP) is 3.82. The van der Waals surface area contributed by atoms with Gasteiger partial charge >= 0.3 is 0 Å². The van der Waals surface area contributed by atoms with Gasteiger partial charge in [-0.05, 0) is 101 Å². The normalized spacial score (nSPS) is 23.0. The van der Waals surface area contributed by atoms with E-state index < -0.39 is 29.7 Å². The second kappa shape index (κ2) is 15.0. The summed E-state index contributed by atoms with van der Waals surface area (Å²) in [5, 5.41) is 5.33. The van der Waals surface area contributed by atoms with Gasteiger partial charge in [-0.3, -0.25) is 43.9 Å². The Bertz CT molecular complexity index is 1990. The van der Waals surface area contributed by atoms with Gasteiger partial charge in [-0.1, -0.05) is 6.07 Å². The molecular formula is C40H48N8O6. The van der Waals surface area contributed by atoms with Crippen molar-refractivity contribution in [2.24, 2.45) is 11.8 Å². The van der Waals surface area contributed by atoms with Gasteiger partial charge in [0.2, 0.25) is 23.6 Å². The number of likely N-dealkylation sites (tertiary alicyclic amines) is 2. The Morgan fingerprint density at radius 3 is 2.44 bits per heavy atom. The van der Waals surface area contributed by atoms with Crippen LogP contribution in [-0.4, -0.2) is 105 Å². The summed E-state index contributed by atoms with van der Waals surface area (Å²) in [6.45, 7) is 6.64. The molecule has 284 valence electrons. The molecule has 3 aromatic rings. The summed E-state index contributed by atoms with van der Waals surface area (Å²) in [6.07, 6.45) is 6.82. The summed E-state index contributed by atoms with van der Waals surface area (Å²) in [5.74, 6) is -0.777. The molecule has 6 amide bonds. The molecule has 8 rings (SSSR count). The van der Waals surface area contributed by atoms with Crippen molar-refractivity contribution >= 4 is 57.9 Å². The van der Waals surface area contributed by atoms with E-state index in [1.165, 1.54) is 12.8 Å². The lowest BCUT2D eigenvalue weighted by molar-refractivity contribution is -0.136. The molecule has 1 aromatic heterocycles. The molecule has 0 spiro atoms. The van der Waals surface area contributed by atoms with Crippen LogP contribution >= 0.6 is 0 Å². The third-order valence-electron chi connectivity index (χ3n) is 12.2. The van der Waals surface area contributed by atoms with Crippen molar-refractivity contribution in [3.8, 4) is 0 Å². The van der Waals surface area contributed by atoms with E-state index in [-0.39, 0.29) is 36.1 Å². The molecule has 3 N–H and O–H groups in total. The number of carbonyl (C=O) groups is 6. The fraction of sp³-hybridized carbons (Fsp3) is 0.525. The number of hydrogen-bond donors (Lipinski definition) is 3. The monoisotopic (exact) mass is 736 g/mol. The molecule has 2 atom stereocenters. The van der Waals surface area contributed by atoms with Crippen LogP contribution in [0.15, 0.2) is 36.4 Å². The number of nitrogens with one attached hydrogen (secondary N) is 3. The molecule has 2 aromatic carbocycles. The second-order valence-electron chi connectivity index (χ2n) is 15.6. The Morgan fingerprint density at radius 1 is 0.907 bits per heavy atom. The van der Waals surface area contributed by atoms with Crippen LogP contribution in [0, 0.1) is 11.8 Å². The van der Waals surface area contributed by atoms with Gasteiger partial charge in [-0.2, -0.15) is 0 Å². The van der Waals surface area contributed by atoms with Crippen molar-refractivity contribution in [1.29, 1.82) is 0 Å². The Balaban J connectivity index is 0.784. The smallest absolute Gasteiger partial charge is 0.264 e. The van der Waals surface area contributed by atoms with Gasteiger partial charge < -0.3 is 20.1 Å². The SMILES string of the molecule is C[C@H]1CCCN1Cc1nc2ccc(NC(=O)C3CCN(C(=O)CCC4CCN(c5cccc6c5C(=O)N(C5CCC(=O)NC5=O)C6=O)CC4)CC3)cc2[nH]1. The number of imidazole rings is 1. The number of carbonyl (C=O) groups excluding carboxylic acids is 6. The van der Waals surface area contributed by atoms with E-state index in [2.05, 4.69) is 32.3 Å². The first-order valence-electron chi connectivity index (χ1n) is 19.5. The lowest BCUT2D eigenvalue weighted by Gasteiger charge is -2.35. The number of imide groups is 2. The van der Waals surface area contributed by atoms with E-state index in [1.54, 1.807) is 12.1 Å². The number of fused-ring (bicyclic) bond motifs is 2. The number of nitrogens with zero attached hydrogens (tertiary/aromatic N) is 5. The lowest BCUT2D eigenvalue weighted by atomic mass is 9.90. The van der Waals surface area contributed by atoms with Gasteiger partial charge in [0.25, 0.3) is 11.8 Å². The van der Waals surface area contributed by atoms with Gasteiger partial charge in [0.05, 0.1) is 34.4 Å². The average Bonchev–Trinajstić information content (AvgIpc) is 3.85. The highest BCUT2D eigenvalue weighted by Gasteiger charge is 2.46. The molecule has 0 aliphatic carbocycles. The zero-order valence-electron chi connectivity index (χ0n) is 30.8. The van der Waals surface area contributed by atoms with Crippen LogP contribution in [0.5, 0.6) is 0 Å². The standard InChI is InChI=1S/C40H48N8O6/c1-24-4-3-17-47(24)23-33-42-29-9-8-27(22-30(29)43-33)41-37(51)26-15-20-46(21-16-26)35(50)12-7-25-13-18-45(19-14-25)31-6-2-5-28-36(31)40(54)48(39(28)53)32-10-11-34(49)44-38(32)52/h2,5-6,8-9,22,24-26,32H,3-4,7,10-21,23H2,1H3,(H,41,51)(H,42,43)(H,44,49,52)/t24-,32?/m0/s1. The zero-order chi connectivity index (χ0) is 37.5. The third-order valence-corrected chi connectivity index (χ3v) is 12.2. The summed E-state index contributed by atoms with van der Waals surface area (Å²) < 4.78 is 0. The quantitative estimate of drug-likeness (QED) is 0.277. The number of H-pyrrole nitrogens is 1. The minimum Gasteiger partial charge on any atom is -0.371 e. The van der Waals surface area contributed by atoms with E-state index in [0.29, 0.717) is 68.7 Å². The van der Waals surface area contributed by atoms with E-state index in [4.69, 9.17) is 4.98 Å². The van der Waals surface area contributed by atoms with Crippen molar-refractivity contribution < 1.29 is 28.8 Å². The van der Waals surface area contributed by atoms with Crippen molar-refractivity contribution in [3.63, 3.8) is 0 Å². The molecule has 6 heterocycles. The molecule has 4 saturated heterocycles. The predicted molar refractivity (Wildman–Crippen MR) is 200 cm³/mol. The first kappa shape index (κ1) is 35.9. The van der Waals surface area contributed by atoms with E-state index >= 15 is 0 Å². The Morgan fingerprint density at radius 2 is 1.70 bits per heavy atom. The minimum absolute atomic E-state index is 0.0161. The highest BCUT2D eigenvalue weighted by atomic mass is 16.2. The second-order valence-corrected chi connectivity index (χ2v) is 15.6. The van der Waals surface area contributed by atoms with Crippen molar-refractivity contribution in [3.05, 3.63) is 53.3 Å². The molecule has 14 heteroatoms. The first-order valence-corrected chi connectivity index (χ1v) is 19.5. The molecule has 4 fully saturated rings. The number of amides is 6. The zero-order valence-corrected chi connectivity index (χ0v) is 30.8. The summed E-state index contributed by atoms with van der Waals surface area (Å²) in [4.78, 5) is 93.1. The Kier molecular flexibility index (Phi) is 9.95. The summed E-state index contributed by atoms with van der Waals surface area (Å²) in [5.41, 5.74) is 3.82. The maximum Gasteiger partial charge on any atom is 0.264 e. The molecule has 54 heavy (non-hydrogen) atoms. The molecule has 5 aliphatic heterocycles. The Labute approximate surface area is 314 Å². The number of anilines is 2. The molecule has 0 radical (unpaired) electrons. The fourth-order valence-electron chi connectivity index (χ4n) is 8.98. The van der Waals surface area contributed by atoms with Crippen LogP contribution in [-0.2, 0) is 25.7 Å². The van der Waals surface area contributed by atoms with Gasteiger partial charge in [0.1, 0.15) is 11.9 Å². The average molecular weight is 737 g/mol. The number of aromatic nitrogens is 2. The van der Waals surface area contributed by atoms with E-state index in [1.807, 2.05) is 29.2 Å². The van der Waals surface area contributed by atoms with Crippen LogP contribution in [0.3, 0.4) is 0 Å². The lowest BCUT2D eigenvalue weighted by Crippen LogP contribution is -2.54. The summed E-state index contributed by atoms with van der Waals surface area (Å²) in [6, 6.07) is 10.6. The third kappa shape index (κ3) is 7.10. The topological polar surface area (TPSA) is 168 Å².